The van der Waals surface area contributed by atoms with Gasteiger partial charge in [-0.05, 0) is 47.0 Å². The summed E-state index contributed by atoms with van der Waals surface area (Å²) in [5.41, 5.74) is 8.52. The first-order chi connectivity index (χ1) is 18.4. The smallest absolute Gasteiger partial charge is 0.333 e. The molecule has 0 aliphatic rings. The van der Waals surface area contributed by atoms with Crippen molar-refractivity contribution in [3.8, 4) is 27.9 Å². The van der Waals surface area contributed by atoms with Crippen molar-refractivity contribution in [1.82, 2.24) is 14.5 Å². The molecule has 0 fully saturated rings. The van der Waals surface area contributed by atoms with Gasteiger partial charge >= 0.3 is 5.69 Å². The number of nitrogens with two attached hydrogens (primary N) is 1. The standard InChI is InChI=1S/C30H19ClN4O3/c31-24-10-4-9-22(17-6-3-7-19(13-17)28(32)36)27(24)18-11-12-23-25(14-18)34-30(38)35(29(23)37)26-16-33-15-20-5-1-2-8-21(20)26/h1-16H,(H2,32,36)(H,34,38). The summed E-state index contributed by atoms with van der Waals surface area (Å²) in [6.07, 6.45) is 3.20. The van der Waals surface area contributed by atoms with E-state index in [1.54, 1.807) is 48.7 Å². The lowest BCUT2D eigenvalue weighted by molar-refractivity contribution is 0.100. The summed E-state index contributed by atoms with van der Waals surface area (Å²) >= 11 is 6.65. The lowest BCUT2D eigenvalue weighted by atomic mass is 9.93. The number of fused-ring (bicyclic) bond motifs is 2. The Morgan fingerprint density at radius 3 is 2.50 bits per heavy atom. The van der Waals surface area contributed by atoms with Gasteiger partial charge in [0.25, 0.3) is 5.56 Å². The molecule has 0 aliphatic carbocycles. The summed E-state index contributed by atoms with van der Waals surface area (Å²) in [5.74, 6) is -0.531. The second-order valence-corrected chi connectivity index (χ2v) is 9.23. The summed E-state index contributed by atoms with van der Waals surface area (Å²) < 4.78 is 1.10. The summed E-state index contributed by atoms with van der Waals surface area (Å²) in [6.45, 7) is 0. The van der Waals surface area contributed by atoms with Crippen molar-refractivity contribution in [2.75, 3.05) is 0 Å². The summed E-state index contributed by atoms with van der Waals surface area (Å²) in [4.78, 5) is 45.6. The van der Waals surface area contributed by atoms with Crippen LogP contribution in [0.5, 0.6) is 0 Å². The van der Waals surface area contributed by atoms with E-state index < -0.39 is 17.2 Å². The Morgan fingerprint density at radius 2 is 1.66 bits per heavy atom. The van der Waals surface area contributed by atoms with Crippen LogP contribution in [0.2, 0.25) is 5.02 Å². The lowest BCUT2D eigenvalue weighted by Gasteiger charge is -2.14. The molecule has 0 saturated heterocycles. The SMILES string of the molecule is NC(=O)c1cccc(-c2cccc(Cl)c2-c2ccc3c(=O)n(-c4cncc5ccccc45)c(=O)[nH]c3c2)c1. The number of nitrogens with one attached hydrogen (secondary N) is 1. The highest BCUT2D eigenvalue weighted by atomic mass is 35.5. The molecule has 0 atom stereocenters. The minimum atomic E-state index is -0.577. The van der Waals surface area contributed by atoms with E-state index in [4.69, 9.17) is 17.3 Å². The van der Waals surface area contributed by atoms with Crippen molar-refractivity contribution in [2.45, 2.75) is 0 Å². The van der Waals surface area contributed by atoms with Gasteiger partial charge in [-0.2, -0.15) is 0 Å². The monoisotopic (exact) mass is 518 g/mol. The average Bonchev–Trinajstić information content (AvgIpc) is 2.93. The van der Waals surface area contributed by atoms with E-state index >= 15 is 0 Å². The first-order valence-corrected chi connectivity index (χ1v) is 12.1. The molecule has 8 heteroatoms. The van der Waals surface area contributed by atoms with Crippen LogP contribution in [0.1, 0.15) is 10.4 Å². The number of primary amides is 1. The molecule has 38 heavy (non-hydrogen) atoms. The predicted molar refractivity (Wildman–Crippen MR) is 150 cm³/mol. The minimum Gasteiger partial charge on any atom is -0.366 e. The zero-order valence-corrected chi connectivity index (χ0v) is 20.6. The van der Waals surface area contributed by atoms with Crippen LogP contribution in [0, 0.1) is 0 Å². The lowest BCUT2D eigenvalue weighted by Crippen LogP contribution is -2.33. The van der Waals surface area contributed by atoms with E-state index in [2.05, 4.69) is 9.97 Å². The third-order valence-electron chi connectivity index (χ3n) is 6.55. The van der Waals surface area contributed by atoms with Gasteiger partial charge in [-0.25, -0.2) is 9.36 Å². The van der Waals surface area contributed by atoms with Crippen molar-refractivity contribution < 1.29 is 4.79 Å². The van der Waals surface area contributed by atoms with Crippen LogP contribution in [-0.4, -0.2) is 20.4 Å². The van der Waals surface area contributed by atoms with Gasteiger partial charge in [-0.3, -0.25) is 14.6 Å². The zero-order valence-electron chi connectivity index (χ0n) is 19.8. The van der Waals surface area contributed by atoms with E-state index in [1.165, 1.54) is 6.20 Å². The second-order valence-electron chi connectivity index (χ2n) is 8.82. The van der Waals surface area contributed by atoms with Crippen molar-refractivity contribution in [2.24, 2.45) is 5.73 Å². The maximum absolute atomic E-state index is 13.5. The largest absolute Gasteiger partial charge is 0.366 e. The molecule has 7 nitrogen and oxygen atoms in total. The highest BCUT2D eigenvalue weighted by Gasteiger charge is 2.16. The Balaban J connectivity index is 1.55. The number of hydrogen-bond donors (Lipinski definition) is 2. The van der Waals surface area contributed by atoms with Crippen LogP contribution in [-0.2, 0) is 0 Å². The van der Waals surface area contributed by atoms with E-state index in [-0.39, 0.29) is 0 Å². The molecule has 3 N–H and O–H groups in total. The fraction of sp³-hybridized carbons (Fsp3) is 0. The van der Waals surface area contributed by atoms with E-state index in [0.717, 1.165) is 26.5 Å². The van der Waals surface area contributed by atoms with Gasteiger partial charge < -0.3 is 10.7 Å². The predicted octanol–water partition coefficient (Wildman–Crippen LogP) is 5.31. The van der Waals surface area contributed by atoms with Gasteiger partial charge in [0.1, 0.15) is 0 Å². The molecule has 6 aromatic rings. The Morgan fingerprint density at radius 1 is 0.842 bits per heavy atom. The number of hydrogen-bond acceptors (Lipinski definition) is 4. The van der Waals surface area contributed by atoms with Crippen molar-refractivity contribution in [3.63, 3.8) is 0 Å². The average molecular weight is 519 g/mol. The highest BCUT2D eigenvalue weighted by molar-refractivity contribution is 6.34. The molecule has 0 bridgehead atoms. The first kappa shape index (κ1) is 23.4. The molecule has 6 rings (SSSR count). The van der Waals surface area contributed by atoms with Crippen LogP contribution in [0.4, 0.5) is 0 Å². The molecule has 0 saturated carbocycles. The Bertz CT molecular complexity index is 2020. The Hall–Kier alpha value is -5.01. The molecule has 4 aromatic carbocycles. The summed E-state index contributed by atoms with van der Waals surface area (Å²) in [5, 5.41) is 2.37. The van der Waals surface area contributed by atoms with Gasteiger partial charge in [-0.1, -0.05) is 66.2 Å². The van der Waals surface area contributed by atoms with E-state index in [9.17, 15) is 14.4 Å². The first-order valence-electron chi connectivity index (χ1n) is 11.7. The Labute approximate surface area is 220 Å². The second kappa shape index (κ2) is 9.14. The number of aromatic nitrogens is 3. The van der Waals surface area contributed by atoms with E-state index in [1.807, 2.05) is 42.5 Å². The zero-order chi connectivity index (χ0) is 26.4. The fourth-order valence-corrected chi connectivity index (χ4v) is 5.05. The molecular formula is C30H19ClN4O3. The van der Waals surface area contributed by atoms with Crippen LogP contribution in [0.15, 0.2) is 107 Å². The highest BCUT2D eigenvalue weighted by Crippen LogP contribution is 2.38. The molecule has 2 heterocycles. The van der Waals surface area contributed by atoms with Crippen LogP contribution in [0.25, 0.3) is 49.6 Å². The van der Waals surface area contributed by atoms with Gasteiger partial charge in [0.2, 0.25) is 5.91 Å². The fourth-order valence-electron chi connectivity index (χ4n) is 4.77. The van der Waals surface area contributed by atoms with Crippen molar-refractivity contribution in [3.05, 3.63) is 129 Å². The summed E-state index contributed by atoms with van der Waals surface area (Å²) in [7, 11) is 0. The van der Waals surface area contributed by atoms with Crippen molar-refractivity contribution >= 4 is 39.2 Å². The number of rotatable bonds is 4. The number of pyridine rings is 1. The Kier molecular flexibility index (Phi) is 5.62. The number of carbonyl (C=O) groups is 1. The number of nitrogens with zero attached hydrogens (tertiary/aromatic N) is 2. The molecule has 0 unspecified atom stereocenters. The third-order valence-corrected chi connectivity index (χ3v) is 6.86. The van der Waals surface area contributed by atoms with Crippen LogP contribution < -0.4 is 17.0 Å². The van der Waals surface area contributed by atoms with Crippen LogP contribution >= 0.6 is 11.6 Å². The molecule has 0 aliphatic heterocycles. The molecule has 0 radical (unpaired) electrons. The number of carbonyl (C=O) groups excluding carboxylic acids is 1. The van der Waals surface area contributed by atoms with Gasteiger partial charge in [0.05, 0.1) is 22.8 Å². The molecule has 2 aromatic heterocycles. The minimum absolute atomic E-state index is 0.339. The summed E-state index contributed by atoms with van der Waals surface area (Å²) in [6, 6.07) is 25.1. The maximum Gasteiger partial charge on any atom is 0.333 e. The normalized spacial score (nSPS) is 11.2. The number of H-pyrrole nitrogens is 1. The number of aromatic amines is 1. The van der Waals surface area contributed by atoms with Gasteiger partial charge in [-0.15, -0.1) is 0 Å². The molecule has 1 amide bonds. The topological polar surface area (TPSA) is 111 Å². The van der Waals surface area contributed by atoms with Gasteiger partial charge in [0, 0.05) is 33.1 Å². The number of benzene rings is 4. The maximum atomic E-state index is 13.5. The van der Waals surface area contributed by atoms with Crippen LogP contribution in [0.3, 0.4) is 0 Å². The number of amides is 1. The van der Waals surface area contributed by atoms with Crippen molar-refractivity contribution in [1.29, 1.82) is 0 Å². The van der Waals surface area contributed by atoms with Gasteiger partial charge in [0.15, 0.2) is 0 Å². The molecule has 184 valence electrons. The van der Waals surface area contributed by atoms with E-state index in [0.29, 0.717) is 38.3 Å². The number of halogens is 1. The third kappa shape index (κ3) is 3.86. The molecular weight excluding hydrogens is 500 g/mol. The molecule has 0 spiro atoms. The quantitative estimate of drug-likeness (QED) is 0.329.